The predicted octanol–water partition coefficient (Wildman–Crippen LogP) is 2.22. The smallest absolute Gasteiger partial charge is 0.410 e. The van der Waals surface area contributed by atoms with Gasteiger partial charge >= 0.3 is 12.1 Å². The number of rotatable bonds is 4. The van der Waals surface area contributed by atoms with Crippen molar-refractivity contribution < 1.29 is 28.2 Å². The highest BCUT2D eigenvalue weighted by molar-refractivity contribution is 5.74. The molecule has 2 rings (SSSR count). The predicted molar refractivity (Wildman–Crippen MR) is 68.8 cm³/mol. The molecule has 5 nitrogen and oxygen atoms in total. The number of hydrogen-bond donors (Lipinski definition) is 1. The largest absolute Gasteiger partial charge is 0.481 e. The summed E-state index contributed by atoms with van der Waals surface area (Å²) in [6, 6.07) is 8.91. The molecule has 0 saturated carbocycles. The summed E-state index contributed by atoms with van der Waals surface area (Å²) in [5.74, 6) is -3.93. The first-order chi connectivity index (χ1) is 9.99. The van der Waals surface area contributed by atoms with Crippen molar-refractivity contribution in [2.75, 3.05) is 13.1 Å². The standard InChI is InChI=1S/C14H15F2NO4/c15-12(16)10-6-17(7-11(10)13(18)19)14(20)21-8-9-4-2-1-3-5-9/h1-5,10-12H,6-8H2,(H,18,19). The zero-order valence-electron chi connectivity index (χ0n) is 11.1. The SMILES string of the molecule is O=C(O)C1CN(C(=O)OCc2ccccc2)CC1C(F)F. The lowest BCUT2D eigenvalue weighted by atomic mass is 9.97. The number of hydrogen-bond acceptors (Lipinski definition) is 3. The van der Waals surface area contributed by atoms with Crippen LogP contribution in [0.1, 0.15) is 5.56 Å². The monoisotopic (exact) mass is 299 g/mol. The van der Waals surface area contributed by atoms with E-state index in [1.165, 1.54) is 0 Å². The Morgan fingerprint density at radius 2 is 1.95 bits per heavy atom. The van der Waals surface area contributed by atoms with Crippen molar-refractivity contribution in [2.45, 2.75) is 13.0 Å². The number of likely N-dealkylation sites (tertiary alicyclic amines) is 1. The van der Waals surface area contributed by atoms with E-state index in [1.54, 1.807) is 24.3 Å². The minimum atomic E-state index is -2.78. The van der Waals surface area contributed by atoms with Crippen LogP contribution >= 0.6 is 0 Å². The molecule has 1 N–H and O–H groups in total. The summed E-state index contributed by atoms with van der Waals surface area (Å²) < 4.78 is 30.6. The van der Waals surface area contributed by atoms with Crippen LogP contribution in [0.25, 0.3) is 0 Å². The van der Waals surface area contributed by atoms with Gasteiger partial charge in [-0.2, -0.15) is 0 Å². The van der Waals surface area contributed by atoms with E-state index >= 15 is 0 Å². The van der Waals surface area contributed by atoms with Crippen molar-refractivity contribution >= 4 is 12.1 Å². The Labute approximate surface area is 120 Å². The van der Waals surface area contributed by atoms with E-state index in [0.29, 0.717) is 0 Å². The normalized spacial score (nSPS) is 21.6. The van der Waals surface area contributed by atoms with Crippen LogP contribution in [-0.2, 0) is 16.1 Å². The molecule has 1 fully saturated rings. The molecule has 1 amide bonds. The number of carbonyl (C=O) groups is 2. The molecular formula is C14H15F2NO4. The summed E-state index contributed by atoms with van der Waals surface area (Å²) in [5.41, 5.74) is 0.769. The van der Waals surface area contributed by atoms with E-state index in [9.17, 15) is 18.4 Å². The number of amides is 1. The van der Waals surface area contributed by atoms with Crippen molar-refractivity contribution in [3.8, 4) is 0 Å². The number of halogens is 2. The molecule has 0 aromatic heterocycles. The molecular weight excluding hydrogens is 284 g/mol. The summed E-state index contributed by atoms with van der Waals surface area (Å²) >= 11 is 0. The van der Waals surface area contributed by atoms with Gasteiger partial charge < -0.3 is 14.7 Å². The molecule has 7 heteroatoms. The Balaban J connectivity index is 1.93. The quantitative estimate of drug-likeness (QED) is 0.925. The number of alkyl halides is 2. The maximum atomic E-state index is 12.8. The minimum Gasteiger partial charge on any atom is -0.481 e. The van der Waals surface area contributed by atoms with Gasteiger partial charge in [-0.1, -0.05) is 30.3 Å². The second kappa shape index (κ2) is 6.51. The van der Waals surface area contributed by atoms with E-state index in [4.69, 9.17) is 9.84 Å². The first-order valence-electron chi connectivity index (χ1n) is 6.45. The first kappa shape index (κ1) is 15.2. The fraction of sp³-hybridized carbons (Fsp3) is 0.429. The first-order valence-corrected chi connectivity index (χ1v) is 6.45. The molecule has 2 unspecified atom stereocenters. The highest BCUT2D eigenvalue weighted by atomic mass is 19.3. The van der Waals surface area contributed by atoms with Crippen molar-refractivity contribution in [3.05, 3.63) is 35.9 Å². The fourth-order valence-corrected chi connectivity index (χ4v) is 2.31. The highest BCUT2D eigenvalue weighted by Gasteiger charge is 2.44. The Morgan fingerprint density at radius 1 is 1.29 bits per heavy atom. The Morgan fingerprint density at radius 3 is 2.48 bits per heavy atom. The summed E-state index contributed by atoms with van der Waals surface area (Å²) in [5, 5.41) is 8.93. The van der Waals surface area contributed by atoms with Gasteiger partial charge in [0.2, 0.25) is 6.43 Å². The lowest BCUT2D eigenvalue weighted by Crippen LogP contribution is -2.30. The summed E-state index contributed by atoms with van der Waals surface area (Å²) in [4.78, 5) is 23.8. The van der Waals surface area contributed by atoms with Crippen LogP contribution in [0.2, 0.25) is 0 Å². The summed E-state index contributed by atoms with van der Waals surface area (Å²) in [6.45, 7) is -0.534. The van der Waals surface area contributed by atoms with E-state index in [0.717, 1.165) is 10.5 Å². The lowest BCUT2D eigenvalue weighted by molar-refractivity contribution is -0.144. The van der Waals surface area contributed by atoms with Gasteiger partial charge in [0.05, 0.1) is 11.8 Å². The van der Waals surface area contributed by atoms with Crippen LogP contribution < -0.4 is 0 Å². The van der Waals surface area contributed by atoms with Crippen molar-refractivity contribution in [2.24, 2.45) is 11.8 Å². The average Bonchev–Trinajstić information content (AvgIpc) is 2.91. The third-order valence-corrected chi connectivity index (χ3v) is 3.47. The lowest BCUT2D eigenvalue weighted by Gasteiger charge is -2.16. The highest BCUT2D eigenvalue weighted by Crippen LogP contribution is 2.29. The van der Waals surface area contributed by atoms with Gasteiger partial charge in [0.15, 0.2) is 0 Å². The third kappa shape index (κ3) is 3.68. The molecule has 21 heavy (non-hydrogen) atoms. The molecule has 0 bridgehead atoms. The van der Waals surface area contributed by atoms with Crippen LogP contribution in [0.3, 0.4) is 0 Å². The molecule has 0 aliphatic carbocycles. The van der Waals surface area contributed by atoms with Crippen LogP contribution in [0.5, 0.6) is 0 Å². The third-order valence-electron chi connectivity index (χ3n) is 3.47. The van der Waals surface area contributed by atoms with Gasteiger partial charge in [-0.05, 0) is 5.56 Å². The molecule has 1 aromatic carbocycles. The minimum absolute atomic E-state index is 0.0211. The van der Waals surface area contributed by atoms with Crippen LogP contribution in [-0.4, -0.2) is 41.6 Å². The van der Waals surface area contributed by atoms with E-state index < -0.39 is 30.3 Å². The maximum Gasteiger partial charge on any atom is 0.410 e. The molecule has 0 radical (unpaired) electrons. The van der Waals surface area contributed by atoms with Crippen molar-refractivity contribution in [1.29, 1.82) is 0 Å². The second-order valence-electron chi connectivity index (χ2n) is 4.89. The fourth-order valence-electron chi connectivity index (χ4n) is 2.31. The van der Waals surface area contributed by atoms with Gasteiger partial charge in [-0.3, -0.25) is 4.79 Å². The molecule has 2 atom stereocenters. The van der Waals surface area contributed by atoms with Gasteiger partial charge in [-0.15, -0.1) is 0 Å². The van der Waals surface area contributed by atoms with Crippen molar-refractivity contribution in [1.82, 2.24) is 4.90 Å². The number of nitrogens with zero attached hydrogens (tertiary/aromatic N) is 1. The molecule has 1 aliphatic rings. The Bertz CT molecular complexity index is 509. The zero-order chi connectivity index (χ0) is 15.4. The average molecular weight is 299 g/mol. The molecule has 0 spiro atoms. The van der Waals surface area contributed by atoms with Gasteiger partial charge in [0.1, 0.15) is 6.61 Å². The molecule has 1 heterocycles. The Kier molecular flexibility index (Phi) is 4.72. The van der Waals surface area contributed by atoms with Crippen molar-refractivity contribution in [3.63, 3.8) is 0 Å². The number of carboxylic acids is 1. The zero-order valence-corrected chi connectivity index (χ0v) is 11.1. The molecule has 1 aliphatic heterocycles. The maximum absolute atomic E-state index is 12.8. The summed E-state index contributed by atoms with van der Waals surface area (Å²) in [7, 11) is 0. The molecule has 1 saturated heterocycles. The molecule has 114 valence electrons. The topological polar surface area (TPSA) is 66.8 Å². The van der Waals surface area contributed by atoms with E-state index in [1.807, 2.05) is 6.07 Å². The van der Waals surface area contributed by atoms with E-state index in [2.05, 4.69) is 0 Å². The van der Waals surface area contributed by atoms with Crippen LogP contribution in [0.15, 0.2) is 30.3 Å². The summed E-state index contributed by atoms with van der Waals surface area (Å²) in [6.07, 6.45) is -3.55. The number of benzene rings is 1. The Hall–Kier alpha value is -2.18. The van der Waals surface area contributed by atoms with E-state index in [-0.39, 0.29) is 19.7 Å². The van der Waals surface area contributed by atoms with Gasteiger partial charge in [-0.25, -0.2) is 13.6 Å². The number of aliphatic carboxylic acids is 1. The number of carbonyl (C=O) groups excluding carboxylic acids is 1. The molecule has 1 aromatic rings. The van der Waals surface area contributed by atoms with Gasteiger partial charge in [0, 0.05) is 13.1 Å². The van der Waals surface area contributed by atoms with Crippen LogP contribution in [0.4, 0.5) is 13.6 Å². The number of ether oxygens (including phenoxy) is 1. The second-order valence-corrected chi connectivity index (χ2v) is 4.89. The van der Waals surface area contributed by atoms with Gasteiger partial charge in [0.25, 0.3) is 0 Å². The van der Waals surface area contributed by atoms with Crippen LogP contribution in [0, 0.1) is 11.8 Å². The number of carboxylic acid groups (broad SMARTS) is 1.